The normalized spacial score (nSPS) is 25.7. The molecular weight excluding hydrogens is 332 g/mol. The van der Waals surface area contributed by atoms with Crippen molar-refractivity contribution in [1.82, 2.24) is 0 Å². The summed E-state index contributed by atoms with van der Waals surface area (Å²) >= 11 is 0. The number of hydrogen-bond donors (Lipinski definition) is 0. The van der Waals surface area contributed by atoms with E-state index in [9.17, 15) is 9.59 Å². The zero-order valence-corrected chi connectivity index (χ0v) is 15.2. The van der Waals surface area contributed by atoms with Crippen molar-refractivity contribution in [2.24, 2.45) is 11.8 Å². The Labute approximate surface area is 153 Å². The molecule has 1 unspecified atom stereocenters. The van der Waals surface area contributed by atoms with Crippen molar-refractivity contribution in [2.75, 3.05) is 13.4 Å². The molecule has 1 aromatic carbocycles. The molecule has 5 heteroatoms. The largest absolute Gasteiger partial charge is 0.469 e. The monoisotopic (exact) mass is 356 g/mol. The highest BCUT2D eigenvalue weighted by Crippen LogP contribution is 2.45. The second-order valence-corrected chi connectivity index (χ2v) is 6.97. The highest BCUT2D eigenvalue weighted by molar-refractivity contribution is 6.06. The number of benzene rings is 1. The molecule has 0 N–H and O–H groups in total. The first-order valence-electron chi connectivity index (χ1n) is 8.82. The Hall–Kier alpha value is -2.40. The van der Waals surface area contributed by atoms with Gasteiger partial charge in [-0.3, -0.25) is 9.59 Å². The van der Waals surface area contributed by atoms with Crippen molar-refractivity contribution in [2.45, 2.75) is 32.3 Å². The van der Waals surface area contributed by atoms with E-state index in [1.54, 1.807) is 0 Å². The van der Waals surface area contributed by atoms with Crippen molar-refractivity contribution >= 4 is 11.8 Å². The number of aryl methyl sites for hydroxylation is 1. The molecule has 1 aliphatic heterocycles. The van der Waals surface area contributed by atoms with E-state index in [0.717, 1.165) is 6.42 Å². The van der Waals surface area contributed by atoms with Gasteiger partial charge < -0.3 is 14.2 Å². The van der Waals surface area contributed by atoms with Crippen LogP contribution < -0.4 is 0 Å². The lowest BCUT2D eigenvalue weighted by Gasteiger charge is -2.37. The van der Waals surface area contributed by atoms with Gasteiger partial charge in [-0.25, -0.2) is 0 Å². The number of ether oxygens (including phenoxy) is 3. The standard InChI is InChI=1S/C21H24O5/c1-4-9-24-20(23)17-12-21(19(11-18(17)22)25-13-26-21)15(3)10-16-7-5-14(2)6-8-16/h4-8,11,15,17H,1,9-10,12-13H2,2-3H3/t15?,17-,21-/m1/s1. The topological polar surface area (TPSA) is 61.8 Å². The fraction of sp³-hybridized carbons (Fsp3) is 0.429. The number of esters is 1. The van der Waals surface area contributed by atoms with E-state index in [1.807, 2.05) is 6.92 Å². The van der Waals surface area contributed by atoms with Gasteiger partial charge in [-0.1, -0.05) is 49.4 Å². The van der Waals surface area contributed by atoms with Crippen molar-refractivity contribution in [3.8, 4) is 0 Å². The van der Waals surface area contributed by atoms with Crippen LogP contribution in [0.3, 0.4) is 0 Å². The van der Waals surface area contributed by atoms with Gasteiger partial charge in [0.25, 0.3) is 0 Å². The third kappa shape index (κ3) is 3.44. The molecule has 5 nitrogen and oxygen atoms in total. The third-order valence-electron chi connectivity index (χ3n) is 5.16. The molecule has 3 atom stereocenters. The minimum absolute atomic E-state index is 0.0294. The number of hydrogen-bond acceptors (Lipinski definition) is 5. The van der Waals surface area contributed by atoms with Gasteiger partial charge in [-0.05, 0) is 24.8 Å². The molecule has 2 aliphatic rings. The number of carbonyl (C=O) groups is 2. The average Bonchev–Trinajstić information content (AvgIpc) is 3.04. The maximum atomic E-state index is 12.4. The summed E-state index contributed by atoms with van der Waals surface area (Å²) < 4.78 is 16.6. The zero-order valence-electron chi connectivity index (χ0n) is 15.2. The Morgan fingerprint density at radius 1 is 1.42 bits per heavy atom. The van der Waals surface area contributed by atoms with E-state index >= 15 is 0 Å². The minimum Gasteiger partial charge on any atom is -0.469 e. The van der Waals surface area contributed by atoms with Crippen LogP contribution in [-0.2, 0) is 30.2 Å². The molecule has 1 aliphatic carbocycles. The lowest BCUT2D eigenvalue weighted by Crippen LogP contribution is -2.47. The Kier molecular flexibility index (Phi) is 5.28. The summed E-state index contributed by atoms with van der Waals surface area (Å²) in [5.74, 6) is -1.15. The zero-order chi connectivity index (χ0) is 18.7. The molecule has 0 amide bonds. The van der Waals surface area contributed by atoms with Gasteiger partial charge in [-0.15, -0.1) is 0 Å². The van der Waals surface area contributed by atoms with Crippen LogP contribution in [0.25, 0.3) is 0 Å². The Balaban J connectivity index is 1.83. The molecule has 1 heterocycles. The van der Waals surface area contributed by atoms with Crippen LogP contribution >= 0.6 is 0 Å². The minimum atomic E-state index is -0.874. The summed E-state index contributed by atoms with van der Waals surface area (Å²) in [7, 11) is 0. The number of allylic oxidation sites excluding steroid dienone is 1. The molecule has 0 aromatic heterocycles. The van der Waals surface area contributed by atoms with E-state index in [1.165, 1.54) is 23.3 Å². The first kappa shape index (κ1) is 18.4. The molecule has 0 radical (unpaired) electrons. The number of fused-ring (bicyclic) bond motifs is 1. The number of rotatable bonds is 6. The molecular formula is C21H24O5. The van der Waals surface area contributed by atoms with Crippen molar-refractivity contribution in [1.29, 1.82) is 0 Å². The molecule has 138 valence electrons. The van der Waals surface area contributed by atoms with Gasteiger partial charge in [0.05, 0.1) is 0 Å². The van der Waals surface area contributed by atoms with Crippen LogP contribution in [0.4, 0.5) is 0 Å². The maximum Gasteiger partial charge on any atom is 0.317 e. The van der Waals surface area contributed by atoms with Crippen LogP contribution in [-0.4, -0.2) is 30.8 Å². The van der Waals surface area contributed by atoms with Gasteiger partial charge in [0.1, 0.15) is 23.9 Å². The van der Waals surface area contributed by atoms with E-state index in [4.69, 9.17) is 14.2 Å². The van der Waals surface area contributed by atoms with E-state index in [0.29, 0.717) is 5.76 Å². The predicted molar refractivity (Wildman–Crippen MR) is 96.2 cm³/mol. The Bertz CT molecular complexity index is 733. The highest BCUT2D eigenvalue weighted by atomic mass is 16.7. The van der Waals surface area contributed by atoms with Crippen LogP contribution in [0.2, 0.25) is 0 Å². The third-order valence-corrected chi connectivity index (χ3v) is 5.16. The van der Waals surface area contributed by atoms with Gasteiger partial charge >= 0.3 is 5.97 Å². The lowest BCUT2D eigenvalue weighted by atomic mass is 9.72. The number of ketones is 1. The smallest absolute Gasteiger partial charge is 0.317 e. The summed E-state index contributed by atoms with van der Waals surface area (Å²) in [5, 5.41) is 0. The first-order valence-corrected chi connectivity index (χ1v) is 8.82. The second-order valence-electron chi connectivity index (χ2n) is 6.97. The summed E-state index contributed by atoms with van der Waals surface area (Å²) in [6.45, 7) is 7.81. The average molecular weight is 356 g/mol. The van der Waals surface area contributed by atoms with Gasteiger partial charge in [0.2, 0.25) is 0 Å². The summed E-state index contributed by atoms with van der Waals surface area (Å²) in [5.41, 5.74) is 1.60. The van der Waals surface area contributed by atoms with Crippen molar-refractivity contribution < 1.29 is 23.8 Å². The van der Waals surface area contributed by atoms with E-state index < -0.39 is 17.5 Å². The van der Waals surface area contributed by atoms with Gasteiger partial charge in [0.15, 0.2) is 12.6 Å². The fourth-order valence-electron chi connectivity index (χ4n) is 3.62. The summed E-state index contributed by atoms with van der Waals surface area (Å²) in [6, 6.07) is 8.32. The lowest BCUT2D eigenvalue weighted by molar-refractivity contribution is -0.154. The molecule has 0 bridgehead atoms. The second kappa shape index (κ2) is 7.46. The first-order chi connectivity index (χ1) is 12.5. The van der Waals surface area contributed by atoms with Gasteiger partial charge in [-0.2, -0.15) is 0 Å². The summed E-state index contributed by atoms with van der Waals surface area (Å²) in [4.78, 5) is 24.7. The quantitative estimate of drug-likeness (QED) is 0.445. The predicted octanol–water partition coefficient (Wildman–Crippen LogP) is 3.12. The SMILES string of the molecule is C=CCOC(=O)[C@@H]1C[C@]2(C(C)Cc3ccc(C)cc3)OCOC2=CC1=O. The maximum absolute atomic E-state index is 12.4. The van der Waals surface area contributed by atoms with Crippen LogP contribution in [0.1, 0.15) is 24.5 Å². The van der Waals surface area contributed by atoms with E-state index in [2.05, 4.69) is 37.8 Å². The molecule has 1 saturated heterocycles. The van der Waals surface area contributed by atoms with E-state index in [-0.39, 0.29) is 31.5 Å². The van der Waals surface area contributed by atoms with Crippen LogP contribution in [0.15, 0.2) is 48.8 Å². The van der Waals surface area contributed by atoms with Crippen molar-refractivity contribution in [3.05, 3.63) is 59.9 Å². The Morgan fingerprint density at radius 3 is 2.85 bits per heavy atom. The van der Waals surface area contributed by atoms with Crippen LogP contribution in [0.5, 0.6) is 0 Å². The molecule has 3 rings (SSSR count). The number of carbonyl (C=O) groups excluding carboxylic acids is 2. The molecule has 0 saturated carbocycles. The molecule has 1 fully saturated rings. The summed E-state index contributed by atoms with van der Waals surface area (Å²) in [6.07, 6.45) is 3.88. The molecule has 1 aromatic rings. The Morgan fingerprint density at radius 2 is 2.15 bits per heavy atom. The van der Waals surface area contributed by atoms with Crippen molar-refractivity contribution in [3.63, 3.8) is 0 Å². The van der Waals surface area contributed by atoms with Crippen LogP contribution in [0, 0.1) is 18.8 Å². The fourth-order valence-corrected chi connectivity index (χ4v) is 3.62. The van der Waals surface area contributed by atoms with Gasteiger partial charge in [0, 0.05) is 12.5 Å². The molecule has 26 heavy (non-hydrogen) atoms. The highest BCUT2D eigenvalue weighted by Gasteiger charge is 2.53. The molecule has 0 spiro atoms.